The Morgan fingerprint density at radius 2 is 2.10 bits per heavy atom. The second-order valence-corrected chi connectivity index (χ2v) is 5.67. The van der Waals surface area contributed by atoms with E-state index in [1.807, 2.05) is 0 Å². The Balaban J connectivity index is 2.59. The Hall–Kier alpha value is -2.31. The van der Waals surface area contributed by atoms with Gasteiger partial charge in [0.15, 0.2) is 0 Å². The van der Waals surface area contributed by atoms with E-state index >= 15 is 0 Å². The lowest BCUT2D eigenvalue weighted by atomic mass is 9.87. The van der Waals surface area contributed by atoms with E-state index in [4.69, 9.17) is 9.84 Å². The highest BCUT2D eigenvalue weighted by atomic mass is 16.5. The van der Waals surface area contributed by atoms with Gasteiger partial charge in [0.05, 0.1) is 7.11 Å². The van der Waals surface area contributed by atoms with Gasteiger partial charge in [-0.3, -0.25) is 0 Å². The number of nitrogens with one attached hydrogen (secondary N) is 2. The van der Waals surface area contributed by atoms with E-state index < -0.39 is 23.5 Å². The lowest BCUT2D eigenvalue weighted by molar-refractivity contribution is -0.141. The molecule has 21 heavy (non-hydrogen) atoms. The zero-order valence-electron chi connectivity index (χ0n) is 12.6. The van der Waals surface area contributed by atoms with Crippen molar-refractivity contribution in [3.63, 3.8) is 0 Å². The van der Waals surface area contributed by atoms with Crippen molar-refractivity contribution >= 4 is 12.0 Å². The summed E-state index contributed by atoms with van der Waals surface area (Å²) in [5, 5.41) is 14.2. The minimum Gasteiger partial charge on any atom is -0.481 e. The summed E-state index contributed by atoms with van der Waals surface area (Å²) in [5.74, 6) is -0.615. The number of aromatic nitrogens is 1. The third-order valence-electron chi connectivity index (χ3n) is 2.85. The van der Waals surface area contributed by atoms with Crippen LogP contribution in [0.25, 0.3) is 0 Å². The molecule has 0 aliphatic heterocycles. The van der Waals surface area contributed by atoms with Gasteiger partial charge in [0, 0.05) is 18.8 Å². The number of nitrogens with zero attached hydrogens (tertiary/aromatic N) is 1. The molecule has 1 aromatic rings. The molecule has 1 atom stereocenters. The van der Waals surface area contributed by atoms with Crippen LogP contribution in [0.15, 0.2) is 18.3 Å². The maximum absolute atomic E-state index is 11.8. The van der Waals surface area contributed by atoms with Crippen LogP contribution < -0.4 is 15.4 Å². The molecule has 1 unspecified atom stereocenters. The van der Waals surface area contributed by atoms with Crippen molar-refractivity contribution in [3.8, 4) is 5.88 Å². The van der Waals surface area contributed by atoms with Crippen molar-refractivity contribution in [1.82, 2.24) is 15.6 Å². The third-order valence-corrected chi connectivity index (χ3v) is 2.85. The molecular formula is C14H21N3O4. The van der Waals surface area contributed by atoms with Gasteiger partial charge in [-0.1, -0.05) is 20.8 Å². The smallest absolute Gasteiger partial charge is 0.326 e. The molecule has 0 spiro atoms. The predicted molar refractivity (Wildman–Crippen MR) is 77.0 cm³/mol. The number of pyridine rings is 1. The van der Waals surface area contributed by atoms with Gasteiger partial charge in [-0.05, 0) is 17.0 Å². The van der Waals surface area contributed by atoms with Gasteiger partial charge in [-0.2, -0.15) is 0 Å². The fraction of sp³-hybridized carbons (Fsp3) is 0.500. The van der Waals surface area contributed by atoms with Crippen molar-refractivity contribution in [2.24, 2.45) is 5.41 Å². The molecule has 0 aromatic carbocycles. The molecule has 0 aliphatic rings. The average molecular weight is 295 g/mol. The number of carbonyl (C=O) groups excluding carboxylic acids is 1. The third kappa shape index (κ3) is 5.29. The first-order chi connectivity index (χ1) is 9.74. The highest BCUT2D eigenvalue weighted by molar-refractivity contribution is 5.83. The second kappa shape index (κ2) is 6.92. The Labute approximate surface area is 123 Å². The Kier molecular flexibility index (Phi) is 5.52. The zero-order valence-corrected chi connectivity index (χ0v) is 12.6. The first-order valence-electron chi connectivity index (χ1n) is 6.50. The Bertz CT molecular complexity index is 511. The number of hydrogen-bond donors (Lipinski definition) is 3. The minimum atomic E-state index is -1.07. The van der Waals surface area contributed by atoms with Crippen LogP contribution in [-0.4, -0.2) is 35.2 Å². The molecule has 0 bridgehead atoms. The number of carboxylic acid groups (broad SMARTS) is 1. The summed E-state index contributed by atoms with van der Waals surface area (Å²) in [6.45, 7) is 5.50. The number of urea groups is 1. The molecule has 3 N–H and O–H groups in total. The van der Waals surface area contributed by atoms with Crippen LogP contribution in [0.2, 0.25) is 0 Å². The van der Waals surface area contributed by atoms with Crippen molar-refractivity contribution < 1.29 is 19.4 Å². The lowest BCUT2D eigenvalue weighted by Gasteiger charge is -2.27. The SMILES string of the molecule is COc1cc(CNC(=O)NC(C(=O)O)C(C)(C)C)ccn1. The quantitative estimate of drug-likeness (QED) is 0.762. The standard InChI is InChI=1S/C14H21N3O4/c1-14(2,3)11(12(18)19)17-13(20)16-8-9-5-6-15-10(7-9)21-4/h5-7,11H,8H2,1-4H3,(H,18,19)(H2,16,17,20). The van der Waals surface area contributed by atoms with Crippen LogP contribution in [0.3, 0.4) is 0 Å². The molecule has 1 rings (SSSR count). The van der Waals surface area contributed by atoms with Crippen LogP contribution in [0.4, 0.5) is 4.79 Å². The number of aliphatic carboxylic acids is 1. The zero-order chi connectivity index (χ0) is 16.0. The molecule has 0 aliphatic carbocycles. The first-order valence-corrected chi connectivity index (χ1v) is 6.50. The van der Waals surface area contributed by atoms with Crippen LogP contribution in [0.5, 0.6) is 5.88 Å². The van der Waals surface area contributed by atoms with Gasteiger partial charge in [0.2, 0.25) is 5.88 Å². The topological polar surface area (TPSA) is 101 Å². The van der Waals surface area contributed by atoms with Gasteiger partial charge in [-0.15, -0.1) is 0 Å². The summed E-state index contributed by atoms with van der Waals surface area (Å²) in [6, 6.07) is 1.93. The number of methoxy groups -OCH3 is 1. The first kappa shape index (κ1) is 16.7. The van der Waals surface area contributed by atoms with Crippen LogP contribution >= 0.6 is 0 Å². The highest BCUT2D eigenvalue weighted by Crippen LogP contribution is 2.19. The summed E-state index contributed by atoms with van der Waals surface area (Å²) in [5.41, 5.74) is 0.225. The number of amides is 2. The molecule has 0 fully saturated rings. The van der Waals surface area contributed by atoms with Crippen molar-refractivity contribution in [3.05, 3.63) is 23.9 Å². The summed E-state index contributed by atoms with van der Waals surface area (Å²) in [7, 11) is 1.51. The van der Waals surface area contributed by atoms with E-state index in [-0.39, 0.29) is 6.54 Å². The maximum atomic E-state index is 11.8. The molecule has 1 heterocycles. The largest absolute Gasteiger partial charge is 0.481 e. The van der Waals surface area contributed by atoms with Gasteiger partial charge in [-0.25, -0.2) is 14.6 Å². The van der Waals surface area contributed by atoms with Crippen LogP contribution in [-0.2, 0) is 11.3 Å². The number of ether oxygens (including phenoxy) is 1. The molecule has 1 aromatic heterocycles. The van der Waals surface area contributed by atoms with E-state index in [9.17, 15) is 9.59 Å². The molecule has 2 amide bonds. The normalized spacial score (nSPS) is 12.4. The molecule has 0 radical (unpaired) electrons. The molecular weight excluding hydrogens is 274 g/mol. The van der Waals surface area contributed by atoms with Gasteiger partial charge in [0.1, 0.15) is 6.04 Å². The number of carboxylic acids is 1. The molecule has 7 nitrogen and oxygen atoms in total. The molecule has 7 heteroatoms. The molecule has 116 valence electrons. The van der Waals surface area contributed by atoms with E-state index in [2.05, 4.69) is 15.6 Å². The minimum absolute atomic E-state index is 0.251. The van der Waals surface area contributed by atoms with Crippen molar-refractivity contribution in [2.45, 2.75) is 33.4 Å². The maximum Gasteiger partial charge on any atom is 0.326 e. The monoisotopic (exact) mass is 295 g/mol. The summed E-state index contributed by atoms with van der Waals surface area (Å²) in [4.78, 5) is 26.9. The van der Waals surface area contributed by atoms with Gasteiger partial charge in [0.25, 0.3) is 0 Å². The predicted octanol–water partition coefficient (Wildman–Crippen LogP) is 1.39. The summed E-state index contributed by atoms with van der Waals surface area (Å²) >= 11 is 0. The highest BCUT2D eigenvalue weighted by Gasteiger charge is 2.32. The van der Waals surface area contributed by atoms with Crippen molar-refractivity contribution in [1.29, 1.82) is 0 Å². The fourth-order valence-electron chi connectivity index (χ4n) is 1.69. The number of carbonyl (C=O) groups is 2. The number of hydrogen-bond acceptors (Lipinski definition) is 4. The number of rotatable bonds is 5. The molecule has 0 saturated carbocycles. The van der Waals surface area contributed by atoms with E-state index in [1.165, 1.54) is 7.11 Å². The van der Waals surface area contributed by atoms with Crippen LogP contribution in [0.1, 0.15) is 26.3 Å². The van der Waals surface area contributed by atoms with Gasteiger partial charge >= 0.3 is 12.0 Å². The lowest BCUT2D eigenvalue weighted by Crippen LogP contribution is -2.52. The Morgan fingerprint density at radius 3 is 2.62 bits per heavy atom. The average Bonchev–Trinajstić information content (AvgIpc) is 2.41. The Morgan fingerprint density at radius 1 is 1.43 bits per heavy atom. The summed E-state index contributed by atoms with van der Waals surface area (Å²) in [6.07, 6.45) is 1.57. The van der Waals surface area contributed by atoms with E-state index in [0.29, 0.717) is 5.88 Å². The van der Waals surface area contributed by atoms with E-state index in [1.54, 1.807) is 39.1 Å². The summed E-state index contributed by atoms with van der Waals surface area (Å²) < 4.78 is 4.99. The van der Waals surface area contributed by atoms with Crippen LogP contribution in [0, 0.1) is 5.41 Å². The van der Waals surface area contributed by atoms with E-state index in [0.717, 1.165) is 5.56 Å². The second-order valence-electron chi connectivity index (χ2n) is 5.67. The fourth-order valence-corrected chi connectivity index (χ4v) is 1.69. The molecule has 0 saturated heterocycles. The van der Waals surface area contributed by atoms with Crippen molar-refractivity contribution in [2.75, 3.05) is 7.11 Å². The van der Waals surface area contributed by atoms with Gasteiger partial charge < -0.3 is 20.5 Å².